The zero-order valence-corrected chi connectivity index (χ0v) is 7.39. The predicted octanol–water partition coefficient (Wildman–Crippen LogP) is 3.26. The largest absolute Gasteiger partial charge is 0.0613 e. The Hall–Kier alpha value is -1.30. The highest BCUT2D eigenvalue weighted by Crippen LogP contribution is 2.18. The highest BCUT2D eigenvalue weighted by molar-refractivity contribution is 5.85. The van der Waals surface area contributed by atoms with Crippen LogP contribution in [0.15, 0.2) is 30.3 Å². The Kier molecular flexibility index (Phi) is 1.61. The monoisotopic (exact) mass is 155 g/mol. The molecule has 0 heteroatoms. The molecule has 0 bridgehead atoms. The maximum Gasteiger partial charge on any atom is -0.00671 e. The number of hydrogen-bond donors (Lipinski definition) is 0. The van der Waals surface area contributed by atoms with Gasteiger partial charge in [0.25, 0.3) is 0 Å². The molecular weight excluding hydrogens is 144 g/mol. The van der Waals surface area contributed by atoms with Gasteiger partial charge in [-0.3, -0.25) is 0 Å². The molecular formula is C12H11. The zero-order chi connectivity index (χ0) is 8.55. The van der Waals surface area contributed by atoms with Gasteiger partial charge in [0, 0.05) is 0 Å². The third kappa shape index (κ3) is 1.10. The first-order valence-electron chi connectivity index (χ1n) is 4.15. The number of rotatable bonds is 0. The first-order chi connectivity index (χ1) is 5.77. The summed E-state index contributed by atoms with van der Waals surface area (Å²) in [6.45, 7) is 4.20. The number of aryl methyl sites for hydroxylation is 2. The topological polar surface area (TPSA) is 0 Å². The van der Waals surface area contributed by atoms with Gasteiger partial charge in [-0.15, -0.1) is 0 Å². The van der Waals surface area contributed by atoms with E-state index < -0.39 is 0 Å². The standard InChI is InChI=1S/C12H11/c1-9-6-7-12-10(2)4-3-5-11(12)8-9/h3-7H,1-2H3. The van der Waals surface area contributed by atoms with Gasteiger partial charge in [0.15, 0.2) is 0 Å². The van der Waals surface area contributed by atoms with Gasteiger partial charge in [-0.2, -0.15) is 0 Å². The minimum absolute atomic E-state index is 1.20. The highest BCUT2D eigenvalue weighted by atomic mass is 14.0. The average molecular weight is 155 g/mol. The van der Waals surface area contributed by atoms with Gasteiger partial charge in [-0.1, -0.05) is 30.3 Å². The van der Waals surface area contributed by atoms with Gasteiger partial charge in [-0.25, -0.2) is 0 Å². The van der Waals surface area contributed by atoms with Crippen molar-refractivity contribution in [2.45, 2.75) is 13.8 Å². The molecule has 0 amide bonds. The van der Waals surface area contributed by atoms with Crippen molar-refractivity contribution in [1.29, 1.82) is 0 Å². The van der Waals surface area contributed by atoms with E-state index in [-0.39, 0.29) is 0 Å². The van der Waals surface area contributed by atoms with Crippen LogP contribution in [0.25, 0.3) is 10.8 Å². The molecule has 0 spiro atoms. The van der Waals surface area contributed by atoms with Crippen LogP contribution < -0.4 is 0 Å². The minimum atomic E-state index is 1.20. The van der Waals surface area contributed by atoms with Crippen LogP contribution in [0.1, 0.15) is 11.1 Å². The van der Waals surface area contributed by atoms with Crippen molar-refractivity contribution >= 4 is 10.8 Å². The van der Waals surface area contributed by atoms with Crippen molar-refractivity contribution in [3.8, 4) is 0 Å². The Morgan fingerprint density at radius 1 is 1.00 bits per heavy atom. The first kappa shape index (κ1) is 7.35. The lowest BCUT2D eigenvalue weighted by molar-refractivity contribution is 1.47. The molecule has 0 atom stereocenters. The molecule has 12 heavy (non-hydrogen) atoms. The van der Waals surface area contributed by atoms with E-state index in [1.807, 2.05) is 0 Å². The van der Waals surface area contributed by atoms with Crippen molar-refractivity contribution in [1.82, 2.24) is 0 Å². The van der Waals surface area contributed by atoms with E-state index in [2.05, 4.69) is 50.2 Å². The molecule has 0 aliphatic carbocycles. The number of hydrogen-bond acceptors (Lipinski definition) is 0. The predicted molar refractivity (Wildman–Crippen MR) is 52.3 cm³/mol. The molecule has 2 rings (SSSR count). The van der Waals surface area contributed by atoms with Crippen LogP contribution >= 0.6 is 0 Å². The van der Waals surface area contributed by atoms with Crippen molar-refractivity contribution in [3.05, 3.63) is 47.5 Å². The molecule has 0 aliphatic rings. The molecule has 0 nitrogen and oxygen atoms in total. The quantitative estimate of drug-likeness (QED) is 0.547. The molecule has 2 aromatic rings. The molecule has 0 aromatic heterocycles. The molecule has 0 heterocycles. The van der Waals surface area contributed by atoms with Gasteiger partial charge >= 0.3 is 0 Å². The number of benzene rings is 2. The van der Waals surface area contributed by atoms with Gasteiger partial charge in [0.1, 0.15) is 0 Å². The van der Waals surface area contributed by atoms with E-state index in [9.17, 15) is 0 Å². The SMILES string of the molecule is Cc1[c]c2cccc(C)c2cc1. The molecule has 1 radical (unpaired) electrons. The summed E-state index contributed by atoms with van der Waals surface area (Å²) in [6, 6.07) is 13.9. The highest BCUT2D eigenvalue weighted by Gasteiger charge is 1.95. The van der Waals surface area contributed by atoms with Crippen LogP contribution in [0.3, 0.4) is 0 Å². The van der Waals surface area contributed by atoms with Crippen molar-refractivity contribution in [2.75, 3.05) is 0 Å². The van der Waals surface area contributed by atoms with E-state index >= 15 is 0 Å². The Balaban J connectivity index is 2.86. The van der Waals surface area contributed by atoms with Crippen LogP contribution in [0.4, 0.5) is 0 Å². The minimum Gasteiger partial charge on any atom is -0.0613 e. The summed E-state index contributed by atoms with van der Waals surface area (Å²) in [6.07, 6.45) is 0. The van der Waals surface area contributed by atoms with E-state index in [1.54, 1.807) is 0 Å². The third-order valence-corrected chi connectivity index (χ3v) is 2.16. The third-order valence-electron chi connectivity index (χ3n) is 2.16. The summed E-state index contributed by atoms with van der Waals surface area (Å²) < 4.78 is 0. The second-order valence-electron chi connectivity index (χ2n) is 3.18. The van der Waals surface area contributed by atoms with Crippen molar-refractivity contribution < 1.29 is 0 Å². The normalized spacial score (nSPS) is 10.5. The number of fused-ring (bicyclic) bond motifs is 1. The Labute approximate surface area is 72.8 Å². The smallest absolute Gasteiger partial charge is 0.00671 e. The molecule has 0 saturated heterocycles. The fourth-order valence-corrected chi connectivity index (χ4v) is 1.47. The second-order valence-corrected chi connectivity index (χ2v) is 3.18. The lowest BCUT2D eigenvalue weighted by atomic mass is 10.0. The maximum atomic E-state index is 3.33. The fourth-order valence-electron chi connectivity index (χ4n) is 1.47. The van der Waals surface area contributed by atoms with Crippen LogP contribution in [-0.4, -0.2) is 0 Å². The molecule has 0 aliphatic heterocycles. The van der Waals surface area contributed by atoms with Crippen LogP contribution in [0.2, 0.25) is 0 Å². The zero-order valence-electron chi connectivity index (χ0n) is 7.39. The lowest BCUT2D eigenvalue weighted by Gasteiger charge is -2.01. The van der Waals surface area contributed by atoms with Gasteiger partial charge in [-0.05, 0) is 41.8 Å². The summed E-state index contributed by atoms with van der Waals surface area (Å²) in [4.78, 5) is 0. The summed E-state index contributed by atoms with van der Waals surface area (Å²) >= 11 is 0. The van der Waals surface area contributed by atoms with Crippen LogP contribution in [0.5, 0.6) is 0 Å². The van der Waals surface area contributed by atoms with Crippen LogP contribution in [0, 0.1) is 19.9 Å². The van der Waals surface area contributed by atoms with E-state index in [1.165, 1.54) is 21.9 Å². The van der Waals surface area contributed by atoms with Crippen molar-refractivity contribution in [2.24, 2.45) is 0 Å². The summed E-state index contributed by atoms with van der Waals surface area (Å²) in [5, 5.41) is 2.53. The average Bonchev–Trinajstić information content (AvgIpc) is 2.04. The Morgan fingerprint density at radius 3 is 2.67 bits per heavy atom. The molecule has 0 unspecified atom stereocenters. The van der Waals surface area contributed by atoms with Crippen LogP contribution in [-0.2, 0) is 0 Å². The maximum absolute atomic E-state index is 3.33. The summed E-state index contributed by atoms with van der Waals surface area (Å²) in [7, 11) is 0. The Bertz CT molecular complexity index is 413. The molecule has 0 N–H and O–H groups in total. The second kappa shape index (κ2) is 2.63. The van der Waals surface area contributed by atoms with E-state index in [4.69, 9.17) is 0 Å². The molecule has 0 fully saturated rings. The lowest BCUT2D eigenvalue weighted by Crippen LogP contribution is -1.79. The van der Waals surface area contributed by atoms with E-state index in [0.717, 1.165) is 0 Å². The van der Waals surface area contributed by atoms with Gasteiger partial charge in [0.05, 0.1) is 0 Å². The summed E-state index contributed by atoms with van der Waals surface area (Å²) in [5.74, 6) is 0. The molecule has 59 valence electrons. The molecule has 0 saturated carbocycles. The molecule has 2 aromatic carbocycles. The van der Waals surface area contributed by atoms with E-state index in [0.29, 0.717) is 0 Å². The fraction of sp³-hybridized carbons (Fsp3) is 0.167. The van der Waals surface area contributed by atoms with Gasteiger partial charge in [0.2, 0.25) is 0 Å². The Morgan fingerprint density at radius 2 is 1.83 bits per heavy atom. The first-order valence-corrected chi connectivity index (χ1v) is 4.15. The summed E-state index contributed by atoms with van der Waals surface area (Å²) in [5.41, 5.74) is 2.52. The van der Waals surface area contributed by atoms with Gasteiger partial charge < -0.3 is 0 Å². The van der Waals surface area contributed by atoms with Crippen molar-refractivity contribution in [3.63, 3.8) is 0 Å².